The lowest BCUT2D eigenvalue weighted by Crippen LogP contribution is -2.34. The van der Waals surface area contributed by atoms with Crippen molar-refractivity contribution in [2.45, 2.75) is 0 Å². The molecular formula is C9H18N5O3P. The molecule has 0 amide bonds. The van der Waals surface area contributed by atoms with E-state index in [0.29, 0.717) is 32.3 Å². The van der Waals surface area contributed by atoms with Gasteiger partial charge in [-0.1, -0.05) is 0 Å². The van der Waals surface area contributed by atoms with Gasteiger partial charge in [-0.05, 0) is 0 Å². The molecule has 2 rings (SSSR count). The summed E-state index contributed by atoms with van der Waals surface area (Å²) in [5, 5.41) is 0. The number of hydrogen-bond acceptors (Lipinski definition) is 3. The van der Waals surface area contributed by atoms with Crippen LogP contribution in [0.5, 0.6) is 0 Å². The maximum atomic E-state index is 12.5. The molecule has 0 aromatic carbocycles. The fourth-order valence-corrected chi connectivity index (χ4v) is 3.50. The molecule has 102 valence electrons. The van der Waals surface area contributed by atoms with Gasteiger partial charge < -0.3 is 14.5 Å². The molecule has 1 unspecified atom stereocenters. The summed E-state index contributed by atoms with van der Waals surface area (Å²) in [6.45, 7) is 3.36. The Morgan fingerprint density at radius 2 is 1.67 bits per heavy atom. The normalized spacial score (nSPS) is 25.1. The molecule has 18 heavy (non-hydrogen) atoms. The van der Waals surface area contributed by atoms with E-state index in [1.807, 2.05) is 23.9 Å². The molecule has 9 heteroatoms. The molecule has 0 aromatic rings. The fraction of sp³-hybridized carbons (Fsp3) is 0.889. The minimum Gasteiger partial charge on any atom is -0.379 e. The Bertz CT molecular complexity index is 384. The Morgan fingerprint density at radius 3 is 2.17 bits per heavy atom. The van der Waals surface area contributed by atoms with E-state index in [1.165, 1.54) is 4.67 Å². The Morgan fingerprint density at radius 1 is 1.11 bits per heavy atom. The van der Waals surface area contributed by atoms with Crippen LogP contribution in [0.3, 0.4) is 0 Å². The summed E-state index contributed by atoms with van der Waals surface area (Å²) in [5.74, 6) is 0.560. The second-order valence-electron chi connectivity index (χ2n) is 4.40. The third-order valence-corrected chi connectivity index (χ3v) is 4.92. The first kappa shape index (κ1) is 13.5. The Hall–Kier alpha value is -0.980. The Labute approximate surface area is 106 Å². The topological polar surface area (TPSA) is 77.8 Å². The molecule has 0 aromatic heterocycles. The summed E-state index contributed by atoms with van der Waals surface area (Å²) >= 11 is 0. The number of nitroso groups, excluding NO2 is 1. The highest BCUT2D eigenvalue weighted by atomic mass is 31.2. The smallest absolute Gasteiger partial charge is 0.379 e. The van der Waals surface area contributed by atoms with E-state index in [9.17, 15) is 9.47 Å². The minimum absolute atomic E-state index is 0.424. The molecule has 0 spiro atoms. The summed E-state index contributed by atoms with van der Waals surface area (Å²) < 4.78 is 23.4. The zero-order valence-electron chi connectivity index (χ0n) is 10.7. The van der Waals surface area contributed by atoms with Gasteiger partial charge in [0.15, 0.2) is 0 Å². The van der Waals surface area contributed by atoms with Crippen LogP contribution >= 0.6 is 7.59 Å². The van der Waals surface area contributed by atoms with Crippen LogP contribution in [0, 0.1) is 4.91 Å². The van der Waals surface area contributed by atoms with Crippen molar-refractivity contribution in [3.8, 4) is 0 Å². The second-order valence-corrected chi connectivity index (χ2v) is 6.36. The molecule has 0 saturated carbocycles. The van der Waals surface area contributed by atoms with E-state index in [2.05, 4.69) is 9.71 Å². The van der Waals surface area contributed by atoms with Crippen LogP contribution in [0.2, 0.25) is 0 Å². The summed E-state index contributed by atoms with van der Waals surface area (Å²) in [4.78, 5) is 17.5. The first-order chi connectivity index (χ1) is 8.57. The molecular weight excluding hydrogens is 257 g/mol. The number of nitrogens with zero attached hydrogens (tertiary/aromatic N) is 5. The molecule has 1 atom stereocenters. The summed E-state index contributed by atoms with van der Waals surface area (Å²) in [5.41, 5.74) is 0. The number of guanidine groups is 1. The van der Waals surface area contributed by atoms with Gasteiger partial charge in [0.25, 0.3) is 0 Å². The lowest BCUT2D eigenvalue weighted by molar-refractivity contribution is 0.0719. The standard InChI is InChI=1S/C9H18N5O3P/c1-12-3-4-13(2)9(12)10-18(16,11-15)14-5-7-17-8-6-14/h3-8H2,1-2H3. The number of rotatable bonds is 3. The van der Waals surface area contributed by atoms with Crippen molar-refractivity contribution >= 4 is 13.6 Å². The number of hydrogen-bond donors (Lipinski definition) is 0. The highest BCUT2D eigenvalue weighted by Crippen LogP contribution is 2.53. The van der Waals surface area contributed by atoms with Gasteiger partial charge in [-0.2, -0.15) is 4.76 Å². The molecule has 0 radical (unpaired) electrons. The van der Waals surface area contributed by atoms with Gasteiger partial charge in [0, 0.05) is 45.2 Å². The van der Waals surface area contributed by atoms with Gasteiger partial charge in [0.2, 0.25) is 5.96 Å². The monoisotopic (exact) mass is 275 g/mol. The van der Waals surface area contributed by atoms with E-state index < -0.39 is 7.59 Å². The van der Waals surface area contributed by atoms with Crippen LogP contribution in [0.4, 0.5) is 0 Å². The average Bonchev–Trinajstić information content (AvgIpc) is 2.71. The molecule has 2 saturated heterocycles. The van der Waals surface area contributed by atoms with Crippen molar-refractivity contribution in [2.24, 2.45) is 9.71 Å². The van der Waals surface area contributed by atoms with Crippen molar-refractivity contribution in [2.75, 3.05) is 53.5 Å². The van der Waals surface area contributed by atoms with E-state index >= 15 is 0 Å². The predicted octanol–water partition coefficient (Wildman–Crippen LogP) is 0.426. The molecule has 0 N–H and O–H groups in total. The largest absolute Gasteiger partial charge is 0.412 e. The Kier molecular flexibility index (Phi) is 3.99. The molecule has 8 nitrogen and oxygen atoms in total. The summed E-state index contributed by atoms with van der Waals surface area (Å²) in [7, 11) is 0.144. The highest BCUT2D eigenvalue weighted by Gasteiger charge is 2.36. The fourth-order valence-electron chi connectivity index (χ4n) is 2.01. The van der Waals surface area contributed by atoms with Gasteiger partial charge in [-0.3, -0.25) is 0 Å². The molecule has 0 bridgehead atoms. The summed E-state index contributed by atoms with van der Waals surface area (Å²) in [6, 6.07) is 0. The van der Waals surface area contributed by atoms with Crippen LogP contribution in [0.25, 0.3) is 0 Å². The van der Waals surface area contributed by atoms with E-state index in [1.54, 1.807) is 0 Å². The third kappa shape index (κ3) is 2.55. The molecule has 2 aliphatic heterocycles. The lowest BCUT2D eigenvalue weighted by atomic mass is 10.5. The first-order valence-corrected chi connectivity index (χ1v) is 7.44. The van der Waals surface area contributed by atoms with Crippen molar-refractivity contribution in [1.82, 2.24) is 14.5 Å². The van der Waals surface area contributed by atoms with Crippen LogP contribution < -0.4 is 0 Å². The van der Waals surface area contributed by atoms with Crippen molar-refractivity contribution in [3.63, 3.8) is 0 Å². The number of morpholine rings is 1. The van der Waals surface area contributed by atoms with Crippen molar-refractivity contribution < 1.29 is 9.30 Å². The van der Waals surface area contributed by atoms with Crippen molar-refractivity contribution in [1.29, 1.82) is 0 Å². The quantitative estimate of drug-likeness (QED) is 0.549. The highest BCUT2D eigenvalue weighted by molar-refractivity contribution is 7.58. The van der Waals surface area contributed by atoms with E-state index in [0.717, 1.165) is 13.1 Å². The number of ether oxygens (including phenoxy) is 1. The maximum absolute atomic E-state index is 12.5. The van der Waals surface area contributed by atoms with Gasteiger partial charge >= 0.3 is 7.59 Å². The molecule has 0 aliphatic carbocycles. The van der Waals surface area contributed by atoms with Crippen LogP contribution in [0.15, 0.2) is 9.71 Å². The maximum Gasteiger partial charge on any atom is 0.412 e. The minimum atomic E-state index is -3.57. The van der Waals surface area contributed by atoms with Gasteiger partial charge in [-0.15, -0.1) is 4.91 Å². The number of likely N-dealkylation sites (N-methyl/N-ethyl adjacent to an activating group) is 2. The molecule has 2 fully saturated rings. The Balaban J connectivity index is 2.24. The zero-order chi connectivity index (χ0) is 13.2. The summed E-state index contributed by atoms with van der Waals surface area (Å²) in [6.07, 6.45) is 0. The SMILES string of the molecule is CN1CCN(C)C1=NP(=O)(N=O)N1CCOCC1. The van der Waals surface area contributed by atoms with Gasteiger partial charge in [0.05, 0.1) is 13.2 Å². The van der Waals surface area contributed by atoms with Gasteiger partial charge in [-0.25, -0.2) is 9.24 Å². The molecule has 2 aliphatic rings. The van der Waals surface area contributed by atoms with E-state index in [4.69, 9.17) is 4.74 Å². The van der Waals surface area contributed by atoms with Crippen molar-refractivity contribution in [3.05, 3.63) is 4.91 Å². The van der Waals surface area contributed by atoms with Crippen LogP contribution in [-0.2, 0) is 9.30 Å². The lowest BCUT2D eigenvalue weighted by Gasteiger charge is -2.28. The zero-order valence-corrected chi connectivity index (χ0v) is 11.5. The predicted molar refractivity (Wildman–Crippen MR) is 68.5 cm³/mol. The third-order valence-electron chi connectivity index (χ3n) is 3.14. The van der Waals surface area contributed by atoms with E-state index in [-0.39, 0.29) is 0 Å². The van der Waals surface area contributed by atoms with Gasteiger partial charge in [0.1, 0.15) is 0 Å². The second kappa shape index (κ2) is 5.34. The van der Waals surface area contributed by atoms with Crippen LogP contribution in [0.1, 0.15) is 0 Å². The average molecular weight is 275 g/mol. The molecule has 2 heterocycles. The first-order valence-electron chi connectivity index (χ1n) is 5.87. The van der Waals surface area contributed by atoms with Crippen LogP contribution in [-0.4, -0.2) is 73.9 Å².